The van der Waals surface area contributed by atoms with Gasteiger partial charge in [-0.3, -0.25) is 4.79 Å². The zero-order valence-electron chi connectivity index (χ0n) is 15.5. The lowest BCUT2D eigenvalue weighted by Crippen LogP contribution is -2.32. The van der Waals surface area contributed by atoms with Crippen molar-refractivity contribution in [1.29, 1.82) is 0 Å². The number of methoxy groups -OCH3 is 1. The number of amides is 1. The van der Waals surface area contributed by atoms with Crippen molar-refractivity contribution in [2.75, 3.05) is 20.2 Å². The van der Waals surface area contributed by atoms with E-state index in [4.69, 9.17) is 9.47 Å². The summed E-state index contributed by atoms with van der Waals surface area (Å²) >= 11 is 0. The van der Waals surface area contributed by atoms with Crippen LogP contribution < -0.4 is 9.47 Å². The van der Waals surface area contributed by atoms with Crippen LogP contribution in [0, 0.1) is 0 Å². The average Bonchev–Trinajstić information content (AvgIpc) is 3.11. The highest BCUT2D eigenvalue weighted by atomic mass is 16.5. The lowest BCUT2D eigenvalue weighted by atomic mass is 10.0. The first-order valence-electron chi connectivity index (χ1n) is 8.96. The van der Waals surface area contributed by atoms with Gasteiger partial charge in [-0.1, -0.05) is 38.1 Å². The van der Waals surface area contributed by atoms with Crippen molar-refractivity contribution in [2.24, 2.45) is 0 Å². The maximum atomic E-state index is 12.5. The van der Waals surface area contributed by atoms with E-state index in [9.17, 15) is 4.79 Å². The van der Waals surface area contributed by atoms with Gasteiger partial charge in [0.2, 0.25) is 17.7 Å². The number of carbonyl (C=O) groups excluding carboxylic acids is 1. The van der Waals surface area contributed by atoms with Crippen LogP contribution >= 0.6 is 0 Å². The van der Waals surface area contributed by atoms with E-state index in [1.807, 2.05) is 17.0 Å². The third kappa shape index (κ3) is 4.50. The third-order valence-electron chi connectivity index (χ3n) is 4.61. The quantitative estimate of drug-likeness (QED) is 0.797. The summed E-state index contributed by atoms with van der Waals surface area (Å²) < 4.78 is 10.8. The summed E-state index contributed by atoms with van der Waals surface area (Å²) in [6.07, 6.45) is 1.17. The van der Waals surface area contributed by atoms with Gasteiger partial charge in [-0.15, -0.1) is 10.2 Å². The Hall–Kier alpha value is -2.63. The van der Waals surface area contributed by atoms with Crippen LogP contribution in [0.25, 0.3) is 0 Å². The van der Waals surface area contributed by atoms with Crippen molar-refractivity contribution in [3.8, 4) is 11.8 Å². The van der Waals surface area contributed by atoms with Gasteiger partial charge in [0.15, 0.2) is 0 Å². The van der Waals surface area contributed by atoms with Crippen molar-refractivity contribution in [3.63, 3.8) is 0 Å². The minimum absolute atomic E-state index is 0.0510. The molecule has 6 nitrogen and oxygen atoms in total. The molecule has 0 N–H and O–H groups in total. The zero-order chi connectivity index (χ0) is 18.5. The molecule has 1 aromatic heterocycles. The average molecular weight is 355 g/mol. The standard InChI is InChI=1S/C20H25N3O3/c1-14(2)16-6-4-15(5-7-16)12-20(24)23-11-10-17(13-23)26-19-9-8-18(25-3)21-22-19/h4-9,14,17H,10-13H2,1-3H3. The van der Waals surface area contributed by atoms with Gasteiger partial charge >= 0.3 is 0 Å². The summed E-state index contributed by atoms with van der Waals surface area (Å²) in [5.74, 6) is 1.53. The molecule has 1 fully saturated rings. The molecule has 1 atom stereocenters. The van der Waals surface area contributed by atoms with Crippen molar-refractivity contribution in [2.45, 2.75) is 38.7 Å². The maximum Gasteiger partial charge on any atom is 0.233 e. The van der Waals surface area contributed by atoms with E-state index in [0.717, 1.165) is 12.0 Å². The normalized spacial score (nSPS) is 16.8. The molecule has 0 aliphatic carbocycles. The van der Waals surface area contributed by atoms with Crippen molar-refractivity contribution in [3.05, 3.63) is 47.5 Å². The van der Waals surface area contributed by atoms with Crippen LogP contribution in [0.15, 0.2) is 36.4 Å². The fourth-order valence-corrected chi connectivity index (χ4v) is 3.01. The summed E-state index contributed by atoms with van der Waals surface area (Å²) in [5, 5.41) is 7.86. The van der Waals surface area contributed by atoms with Crippen LogP contribution in [-0.4, -0.2) is 47.3 Å². The Morgan fingerprint density at radius 1 is 1.15 bits per heavy atom. The number of hydrogen-bond acceptors (Lipinski definition) is 5. The van der Waals surface area contributed by atoms with Gasteiger partial charge < -0.3 is 14.4 Å². The van der Waals surface area contributed by atoms with E-state index < -0.39 is 0 Å². The second kappa shape index (κ2) is 8.17. The van der Waals surface area contributed by atoms with E-state index in [0.29, 0.717) is 37.2 Å². The first-order chi connectivity index (χ1) is 12.5. The van der Waals surface area contributed by atoms with E-state index >= 15 is 0 Å². The van der Waals surface area contributed by atoms with E-state index in [-0.39, 0.29) is 12.0 Å². The molecular formula is C20H25N3O3. The van der Waals surface area contributed by atoms with Gasteiger partial charge in [0, 0.05) is 25.1 Å². The topological polar surface area (TPSA) is 64.6 Å². The summed E-state index contributed by atoms with van der Waals surface area (Å²) in [7, 11) is 1.54. The Morgan fingerprint density at radius 2 is 1.85 bits per heavy atom. The van der Waals surface area contributed by atoms with Crippen LogP contribution in [0.3, 0.4) is 0 Å². The third-order valence-corrected chi connectivity index (χ3v) is 4.61. The molecule has 1 aliphatic rings. The number of rotatable bonds is 6. The highest BCUT2D eigenvalue weighted by molar-refractivity contribution is 5.79. The molecule has 2 heterocycles. The summed E-state index contributed by atoms with van der Waals surface area (Å²) in [5.41, 5.74) is 2.33. The number of carbonyl (C=O) groups is 1. The minimum Gasteiger partial charge on any atom is -0.480 e. The number of likely N-dealkylation sites (tertiary alicyclic amines) is 1. The van der Waals surface area contributed by atoms with Crippen molar-refractivity contribution >= 4 is 5.91 Å². The number of nitrogens with zero attached hydrogens (tertiary/aromatic N) is 3. The molecule has 138 valence electrons. The van der Waals surface area contributed by atoms with E-state index in [1.165, 1.54) is 5.56 Å². The Kier molecular flexibility index (Phi) is 5.71. The monoisotopic (exact) mass is 355 g/mol. The predicted octanol–water partition coefficient (Wildman–Crippen LogP) is 2.83. The van der Waals surface area contributed by atoms with E-state index in [1.54, 1.807) is 19.2 Å². The predicted molar refractivity (Wildman–Crippen MR) is 98.4 cm³/mol. The first kappa shape index (κ1) is 18.2. The highest BCUT2D eigenvalue weighted by Gasteiger charge is 2.27. The SMILES string of the molecule is COc1ccc(OC2CCN(C(=O)Cc3ccc(C(C)C)cc3)C2)nn1. The summed E-state index contributed by atoms with van der Waals surface area (Å²) in [6.45, 7) is 5.61. The van der Waals surface area contributed by atoms with Gasteiger partial charge in [0.25, 0.3) is 0 Å². The Bertz CT molecular complexity index is 729. The van der Waals surface area contributed by atoms with Crippen LogP contribution in [0.2, 0.25) is 0 Å². The largest absolute Gasteiger partial charge is 0.480 e. The van der Waals surface area contributed by atoms with E-state index in [2.05, 4.69) is 36.2 Å². The van der Waals surface area contributed by atoms with Crippen LogP contribution in [0.1, 0.15) is 37.3 Å². The molecular weight excluding hydrogens is 330 g/mol. The molecule has 6 heteroatoms. The molecule has 1 aromatic carbocycles. The molecule has 1 aliphatic heterocycles. The number of aromatic nitrogens is 2. The molecule has 1 amide bonds. The summed E-state index contributed by atoms with van der Waals surface area (Å²) in [6, 6.07) is 11.7. The van der Waals surface area contributed by atoms with Crippen molar-refractivity contribution in [1.82, 2.24) is 15.1 Å². The van der Waals surface area contributed by atoms with Gasteiger partial charge in [-0.2, -0.15) is 0 Å². The second-order valence-electron chi connectivity index (χ2n) is 6.86. The second-order valence-corrected chi connectivity index (χ2v) is 6.86. The Balaban J connectivity index is 1.51. The molecule has 0 saturated carbocycles. The summed E-state index contributed by atoms with van der Waals surface area (Å²) in [4.78, 5) is 14.4. The van der Waals surface area contributed by atoms with Crippen LogP contribution in [0.4, 0.5) is 0 Å². The molecule has 0 spiro atoms. The van der Waals surface area contributed by atoms with Gasteiger partial charge in [-0.05, 0) is 17.0 Å². The molecule has 1 unspecified atom stereocenters. The van der Waals surface area contributed by atoms with Gasteiger partial charge in [-0.25, -0.2) is 0 Å². The van der Waals surface area contributed by atoms with Crippen LogP contribution in [-0.2, 0) is 11.2 Å². The fraction of sp³-hybridized carbons (Fsp3) is 0.450. The first-order valence-corrected chi connectivity index (χ1v) is 8.96. The molecule has 1 saturated heterocycles. The molecule has 26 heavy (non-hydrogen) atoms. The molecule has 2 aromatic rings. The highest BCUT2D eigenvalue weighted by Crippen LogP contribution is 2.19. The molecule has 0 bridgehead atoms. The molecule has 0 radical (unpaired) electrons. The van der Waals surface area contributed by atoms with Crippen molar-refractivity contribution < 1.29 is 14.3 Å². The Labute approximate surface area is 154 Å². The number of ether oxygens (including phenoxy) is 2. The smallest absolute Gasteiger partial charge is 0.233 e. The lowest BCUT2D eigenvalue weighted by Gasteiger charge is -2.17. The molecule has 3 rings (SSSR count). The fourth-order valence-electron chi connectivity index (χ4n) is 3.01. The van der Waals surface area contributed by atoms with Gasteiger partial charge in [0.1, 0.15) is 6.10 Å². The number of hydrogen-bond donors (Lipinski definition) is 0. The number of benzene rings is 1. The lowest BCUT2D eigenvalue weighted by molar-refractivity contribution is -0.129. The zero-order valence-corrected chi connectivity index (χ0v) is 15.5. The minimum atomic E-state index is -0.0510. The van der Waals surface area contributed by atoms with Gasteiger partial charge in [0.05, 0.1) is 20.1 Å². The Morgan fingerprint density at radius 3 is 2.46 bits per heavy atom. The van der Waals surface area contributed by atoms with Crippen LogP contribution in [0.5, 0.6) is 11.8 Å². The maximum absolute atomic E-state index is 12.5.